The highest BCUT2D eigenvalue weighted by Crippen LogP contribution is 2.15. The second-order valence-electron chi connectivity index (χ2n) is 3.18. The summed E-state index contributed by atoms with van der Waals surface area (Å²) in [6.07, 6.45) is 1.12. The molecule has 1 aliphatic rings. The molecule has 2 rings (SSSR count). The molecule has 1 aromatic heterocycles. The normalized spacial score (nSPS) is 18.3. The lowest BCUT2D eigenvalue weighted by molar-refractivity contribution is 0.175. The fourth-order valence-electron chi connectivity index (χ4n) is 1.61. The summed E-state index contributed by atoms with van der Waals surface area (Å²) in [5, 5.41) is 12.8. The highest BCUT2D eigenvalue weighted by atomic mass is 16.3. The van der Waals surface area contributed by atoms with E-state index in [0.717, 1.165) is 31.2 Å². The molecule has 4 N–H and O–H groups in total. The zero-order chi connectivity index (χ0) is 9.26. The Morgan fingerprint density at radius 2 is 2.62 bits per heavy atom. The van der Waals surface area contributed by atoms with Gasteiger partial charge in [0.25, 0.3) is 0 Å². The van der Waals surface area contributed by atoms with Crippen molar-refractivity contribution in [2.45, 2.75) is 19.2 Å². The van der Waals surface area contributed by atoms with Crippen LogP contribution in [-0.4, -0.2) is 27.7 Å². The molecule has 72 valence electrons. The average Bonchev–Trinajstić information content (AvgIpc) is 2.60. The number of nitrogens with two attached hydrogens (primary N) is 1. The second kappa shape index (κ2) is 3.45. The van der Waals surface area contributed by atoms with E-state index in [1.54, 1.807) is 6.20 Å². The molecule has 1 aliphatic heterocycles. The number of hydrogen-bond donors (Lipinski definition) is 3. The summed E-state index contributed by atoms with van der Waals surface area (Å²) in [7, 11) is 0. The van der Waals surface area contributed by atoms with E-state index in [4.69, 9.17) is 5.73 Å². The molecule has 0 amide bonds. The molecule has 1 unspecified atom stereocenters. The van der Waals surface area contributed by atoms with Crippen LogP contribution in [0.25, 0.3) is 0 Å². The van der Waals surface area contributed by atoms with E-state index in [9.17, 15) is 5.11 Å². The zero-order valence-corrected chi connectivity index (χ0v) is 7.40. The van der Waals surface area contributed by atoms with Crippen LogP contribution in [0, 0.1) is 0 Å². The Balaban J connectivity index is 2.31. The fraction of sp³-hybridized carbons (Fsp3) is 0.625. The summed E-state index contributed by atoms with van der Waals surface area (Å²) in [4.78, 5) is 4.21. The van der Waals surface area contributed by atoms with Gasteiger partial charge in [-0.1, -0.05) is 0 Å². The first kappa shape index (κ1) is 8.68. The highest BCUT2D eigenvalue weighted by molar-refractivity contribution is 5.10. The smallest absolute Gasteiger partial charge is 0.122 e. The predicted molar refractivity (Wildman–Crippen MR) is 47.9 cm³/mol. The van der Waals surface area contributed by atoms with Crippen molar-refractivity contribution in [2.24, 2.45) is 5.73 Å². The molecule has 0 radical (unpaired) electrons. The Morgan fingerprint density at radius 1 is 1.77 bits per heavy atom. The van der Waals surface area contributed by atoms with E-state index in [1.165, 1.54) is 0 Å². The Kier molecular flexibility index (Phi) is 2.30. The maximum Gasteiger partial charge on any atom is 0.122 e. The number of aliphatic hydroxyl groups is 1. The number of imidazole rings is 1. The molecule has 5 nitrogen and oxygen atoms in total. The van der Waals surface area contributed by atoms with Crippen molar-refractivity contribution >= 4 is 0 Å². The van der Waals surface area contributed by atoms with E-state index in [0.29, 0.717) is 0 Å². The van der Waals surface area contributed by atoms with Crippen LogP contribution >= 0.6 is 0 Å². The number of hydrogen-bond acceptors (Lipinski definition) is 4. The second-order valence-corrected chi connectivity index (χ2v) is 3.18. The minimum Gasteiger partial charge on any atom is -0.385 e. The zero-order valence-electron chi connectivity index (χ0n) is 7.40. The molecular weight excluding hydrogens is 168 g/mol. The lowest BCUT2D eigenvalue weighted by atomic mass is 10.2. The molecule has 13 heavy (non-hydrogen) atoms. The van der Waals surface area contributed by atoms with E-state index >= 15 is 0 Å². The van der Waals surface area contributed by atoms with Crippen molar-refractivity contribution in [3.05, 3.63) is 17.7 Å². The molecule has 0 bridgehead atoms. The molecule has 1 atom stereocenters. The fourth-order valence-corrected chi connectivity index (χ4v) is 1.61. The monoisotopic (exact) mass is 182 g/mol. The van der Waals surface area contributed by atoms with Gasteiger partial charge in [-0.2, -0.15) is 0 Å². The Bertz CT molecular complexity index is 296. The predicted octanol–water partition coefficient (Wildman–Crippen LogP) is -1.02. The van der Waals surface area contributed by atoms with Crippen LogP contribution in [0.15, 0.2) is 6.20 Å². The molecular formula is C8H14N4O. The minimum atomic E-state index is -0.584. The summed E-state index contributed by atoms with van der Waals surface area (Å²) < 4.78 is 2.04. The number of aromatic nitrogens is 2. The number of nitrogens with one attached hydrogen (secondary N) is 1. The summed E-state index contributed by atoms with van der Waals surface area (Å²) in [6.45, 7) is 2.81. The van der Waals surface area contributed by atoms with Crippen LogP contribution in [0.1, 0.15) is 17.6 Å². The number of nitrogens with zero attached hydrogens (tertiary/aromatic N) is 2. The summed E-state index contributed by atoms with van der Waals surface area (Å²) >= 11 is 0. The van der Waals surface area contributed by atoms with E-state index in [-0.39, 0.29) is 6.54 Å². The third-order valence-corrected chi connectivity index (χ3v) is 2.33. The van der Waals surface area contributed by atoms with Crippen molar-refractivity contribution in [1.82, 2.24) is 14.9 Å². The molecule has 5 heteroatoms. The lowest BCUT2D eigenvalue weighted by Crippen LogP contribution is -2.30. The summed E-state index contributed by atoms with van der Waals surface area (Å²) in [5.41, 5.74) is 6.22. The first-order valence-corrected chi connectivity index (χ1v) is 4.46. The minimum absolute atomic E-state index is 0.249. The van der Waals surface area contributed by atoms with Gasteiger partial charge in [-0.25, -0.2) is 4.98 Å². The summed E-state index contributed by atoms with van der Waals surface area (Å²) in [6, 6.07) is 0. The van der Waals surface area contributed by atoms with Crippen LogP contribution in [0.4, 0.5) is 0 Å². The van der Waals surface area contributed by atoms with Gasteiger partial charge in [0.15, 0.2) is 0 Å². The molecule has 0 fully saturated rings. The van der Waals surface area contributed by atoms with Gasteiger partial charge >= 0.3 is 0 Å². The first-order valence-electron chi connectivity index (χ1n) is 4.46. The molecule has 0 saturated heterocycles. The van der Waals surface area contributed by atoms with Crippen LogP contribution in [-0.2, 0) is 13.1 Å². The van der Waals surface area contributed by atoms with Crippen molar-refractivity contribution in [3.8, 4) is 0 Å². The molecule has 1 aromatic rings. The third-order valence-electron chi connectivity index (χ3n) is 2.33. The van der Waals surface area contributed by atoms with Crippen molar-refractivity contribution < 1.29 is 5.11 Å². The van der Waals surface area contributed by atoms with Gasteiger partial charge in [-0.3, -0.25) is 0 Å². The number of rotatable bonds is 2. The Labute approximate surface area is 76.6 Å². The van der Waals surface area contributed by atoms with Gasteiger partial charge in [0.05, 0.1) is 18.4 Å². The van der Waals surface area contributed by atoms with Crippen LogP contribution in [0.2, 0.25) is 0 Å². The van der Waals surface area contributed by atoms with E-state index in [1.807, 2.05) is 4.57 Å². The van der Waals surface area contributed by atoms with Gasteiger partial charge < -0.3 is 20.7 Å². The lowest BCUT2D eigenvalue weighted by Gasteiger charge is -2.19. The molecule has 0 saturated carbocycles. The largest absolute Gasteiger partial charge is 0.385 e. The molecule has 0 spiro atoms. The Morgan fingerprint density at radius 3 is 3.38 bits per heavy atom. The first-order chi connectivity index (χ1) is 6.33. The van der Waals surface area contributed by atoms with Gasteiger partial charge in [-0.15, -0.1) is 0 Å². The van der Waals surface area contributed by atoms with Gasteiger partial charge in [0.1, 0.15) is 11.9 Å². The van der Waals surface area contributed by atoms with Crippen LogP contribution in [0.3, 0.4) is 0 Å². The third kappa shape index (κ3) is 1.46. The maximum atomic E-state index is 9.57. The number of aliphatic hydroxyl groups excluding tert-OH is 1. The van der Waals surface area contributed by atoms with E-state index in [2.05, 4.69) is 10.3 Å². The SMILES string of the molecule is NCC(O)c1cnc2n1CCNC2. The molecule has 2 heterocycles. The van der Waals surface area contributed by atoms with Crippen LogP contribution < -0.4 is 11.1 Å². The number of fused-ring (bicyclic) bond motifs is 1. The van der Waals surface area contributed by atoms with Gasteiger partial charge in [-0.05, 0) is 0 Å². The Hall–Kier alpha value is -0.910. The average molecular weight is 182 g/mol. The standard InChI is InChI=1S/C8H14N4O/c9-3-7(13)6-4-11-8-5-10-1-2-12(6)8/h4,7,10,13H,1-3,5,9H2. The van der Waals surface area contributed by atoms with E-state index < -0.39 is 6.10 Å². The van der Waals surface area contributed by atoms with Gasteiger partial charge in [0.2, 0.25) is 0 Å². The highest BCUT2D eigenvalue weighted by Gasteiger charge is 2.17. The molecule has 0 aromatic carbocycles. The van der Waals surface area contributed by atoms with Crippen molar-refractivity contribution in [1.29, 1.82) is 0 Å². The van der Waals surface area contributed by atoms with Crippen molar-refractivity contribution in [2.75, 3.05) is 13.1 Å². The maximum absolute atomic E-state index is 9.57. The van der Waals surface area contributed by atoms with Gasteiger partial charge in [0, 0.05) is 19.6 Å². The van der Waals surface area contributed by atoms with Crippen molar-refractivity contribution in [3.63, 3.8) is 0 Å². The molecule has 0 aliphatic carbocycles. The quantitative estimate of drug-likeness (QED) is 0.547. The summed E-state index contributed by atoms with van der Waals surface area (Å²) in [5.74, 6) is 0.980. The topological polar surface area (TPSA) is 76.1 Å². The van der Waals surface area contributed by atoms with Crippen LogP contribution in [0.5, 0.6) is 0 Å².